The van der Waals surface area contributed by atoms with Crippen LogP contribution in [0.15, 0.2) is 48.5 Å². The monoisotopic (exact) mass is 395 g/mol. The van der Waals surface area contributed by atoms with E-state index in [4.69, 9.17) is 14.9 Å². The zero-order valence-corrected chi connectivity index (χ0v) is 14.3. The molecular weight excluding hydrogens is 379 g/mol. The molecule has 9 heteroatoms. The summed E-state index contributed by atoms with van der Waals surface area (Å²) in [5.74, 6) is -2.37. The standard InChI is InChI=1S/C19H16F3NO5/c20-19(21,22)16(24)15(17(25)26)23-18(27)28-9-14-12-7-3-1-5-10(12)11-6-2-4-8-13(11)14/h1-8,14-16,24H,9H2,(H,23,27)(H,25,26)/t15-,16+/m0/s1. The lowest BCUT2D eigenvalue weighted by molar-refractivity contribution is -0.214. The molecule has 3 rings (SSSR count). The largest absolute Gasteiger partial charge is 0.480 e. The van der Waals surface area contributed by atoms with E-state index in [1.165, 1.54) is 0 Å². The van der Waals surface area contributed by atoms with Crippen LogP contribution in [0.4, 0.5) is 18.0 Å². The van der Waals surface area contributed by atoms with Gasteiger partial charge in [-0.15, -0.1) is 0 Å². The maximum atomic E-state index is 12.6. The molecule has 0 radical (unpaired) electrons. The van der Waals surface area contributed by atoms with Gasteiger partial charge >= 0.3 is 18.2 Å². The van der Waals surface area contributed by atoms with Crippen LogP contribution >= 0.6 is 0 Å². The van der Waals surface area contributed by atoms with Crippen molar-refractivity contribution >= 4 is 12.1 Å². The average Bonchev–Trinajstić information content (AvgIpc) is 2.97. The molecule has 3 N–H and O–H groups in total. The van der Waals surface area contributed by atoms with Crippen molar-refractivity contribution in [1.29, 1.82) is 0 Å². The maximum absolute atomic E-state index is 12.6. The van der Waals surface area contributed by atoms with E-state index in [0.29, 0.717) is 0 Å². The van der Waals surface area contributed by atoms with Crippen molar-refractivity contribution in [3.05, 3.63) is 59.7 Å². The third-order valence-corrected chi connectivity index (χ3v) is 4.53. The number of alkyl halides is 3. The summed E-state index contributed by atoms with van der Waals surface area (Å²) in [6.45, 7) is -0.200. The molecule has 2 aromatic carbocycles. The molecule has 0 saturated heterocycles. The number of hydrogen-bond acceptors (Lipinski definition) is 4. The van der Waals surface area contributed by atoms with Crippen LogP contribution in [-0.2, 0) is 9.53 Å². The number of fused-ring (bicyclic) bond motifs is 3. The Morgan fingerprint density at radius 2 is 1.54 bits per heavy atom. The molecule has 1 aliphatic carbocycles. The molecule has 0 bridgehead atoms. The highest BCUT2D eigenvalue weighted by Crippen LogP contribution is 2.44. The van der Waals surface area contributed by atoms with Gasteiger partial charge in [0.05, 0.1) is 0 Å². The highest BCUT2D eigenvalue weighted by molar-refractivity contribution is 5.81. The van der Waals surface area contributed by atoms with E-state index < -0.39 is 30.4 Å². The van der Waals surface area contributed by atoms with Gasteiger partial charge < -0.3 is 20.3 Å². The first-order valence-electron chi connectivity index (χ1n) is 8.29. The van der Waals surface area contributed by atoms with E-state index in [2.05, 4.69) is 0 Å². The molecule has 0 aliphatic heterocycles. The Balaban J connectivity index is 1.72. The van der Waals surface area contributed by atoms with Crippen molar-refractivity contribution < 1.29 is 37.7 Å². The molecule has 1 aliphatic rings. The molecule has 0 unspecified atom stereocenters. The Morgan fingerprint density at radius 1 is 1.04 bits per heavy atom. The van der Waals surface area contributed by atoms with Gasteiger partial charge in [0.1, 0.15) is 6.61 Å². The molecule has 0 saturated carbocycles. The van der Waals surface area contributed by atoms with Crippen molar-refractivity contribution in [2.75, 3.05) is 6.61 Å². The quantitative estimate of drug-likeness (QED) is 0.724. The molecule has 0 heterocycles. The first-order chi connectivity index (χ1) is 13.2. The zero-order valence-electron chi connectivity index (χ0n) is 14.3. The predicted octanol–water partition coefficient (Wildman–Crippen LogP) is 2.90. The fraction of sp³-hybridized carbons (Fsp3) is 0.263. The van der Waals surface area contributed by atoms with Gasteiger partial charge in [-0.05, 0) is 22.3 Å². The van der Waals surface area contributed by atoms with Gasteiger partial charge in [-0.1, -0.05) is 48.5 Å². The van der Waals surface area contributed by atoms with Gasteiger partial charge in [0, 0.05) is 5.92 Å². The Hall–Kier alpha value is -3.07. The van der Waals surface area contributed by atoms with Crippen molar-refractivity contribution in [1.82, 2.24) is 5.32 Å². The topological polar surface area (TPSA) is 95.9 Å². The number of alkyl carbamates (subject to hydrolysis) is 1. The first-order valence-corrected chi connectivity index (χ1v) is 8.29. The minimum absolute atomic E-state index is 0.200. The van der Waals surface area contributed by atoms with Gasteiger partial charge in [0.15, 0.2) is 12.1 Å². The minimum atomic E-state index is -5.21. The molecule has 2 aromatic rings. The molecule has 148 valence electrons. The van der Waals surface area contributed by atoms with E-state index in [1.807, 2.05) is 48.5 Å². The summed E-state index contributed by atoms with van der Waals surface area (Å²) in [6.07, 6.45) is -9.83. The highest BCUT2D eigenvalue weighted by Gasteiger charge is 2.47. The Morgan fingerprint density at radius 3 is 2.00 bits per heavy atom. The Labute approximate surface area is 157 Å². The van der Waals surface area contributed by atoms with E-state index in [9.17, 15) is 22.8 Å². The first kappa shape index (κ1) is 19.7. The van der Waals surface area contributed by atoms with Crippen LogP contribution in [-0.4, -0.2) is 47.2 Å². The van der Waals surface area contributed by atoms with Crippen molar-refractivity contribution in [2.24, 2.45) is 0 Å². The molecule has 0 fully saturated rings. The normalized spacial score (nSPS) is 15.3. The fourth-order valence-corrected chi connectivity index (χ4v) is 3.23. The summed E-state index contributed by atoms with van der Waals surface area (Å²) >= 11 is 0. The number of hydrogen-bond donors (Lipinski definition) is 3. The van der Waals surface area contributed by atoms with Crippen LogP contribution < -0.4 is 5.32 Å². The van der Waals surface area contributed by atoms with E-state index in [-0.39, 0.29) is 12.5 Å². The highest BCUT2D eigenvalue weighted by atomic mass is 19.4. The number of amides is 1. The molecule has 2 atom stereocenters. The number of aliphatic hydroxyl groups excluding tert-OH is 1. The molecular formula is C19H16F3NO5. The third-order valence-electron chi connectivity index (χ3n) is 4.53. The summed E-state index contributed by atoms with van der Waals surface area (Å²) in [5, 5.41) is 19.6. The SMILES string of the molecule is O=C(N[C@H](C(=O)O)[C@@H](O)C(F)(F)F)OCC1c2ccccc2-c2ccccc21. The zero-order chi connectivity index (χ0) is 20.5. The van der Waals surface area contributed by atoms with Gasteiger partial charge in [-0.3, -0.25) is 0 Å². The van der Waals surface area contributed by atoms with Crippen LogP contribution in [0.5, 0.6) is 0 Å². The molecule has 0 aromatic heterocycles. The molecule has 1 amide bonds. The molecule has 28 heavy (non-hydrogen) atoms. The van der Waals surface area contributed by atoms with E-state index >= 15 is 0 Å². The number of ether oxygens (including phenoxy) is 1. The summed E-state index contributed by atoms with van der Waals surface area (Å²) in [4.78, 5) is 22.9. The second-order valence-electron chi connectivity index (χ2n) is 6.27. The van der Waals surface area contributed by atoms with E-state index in [0.717, 1.165) is 22.3 Å². The molecule has 0 spiro atoms. The van der Waals surface area contributed by atoms with Crippen LogP contribution in [0.1, 0.15) is 17.0 Å². The van der Waals surface area contributed by atoms with Crippen LogP contribution in [0.3, 0.4) is 0 Å². The Kier molecular flexibility index (Phi) is 5.28. The number of carboxylic acids is 1. The Bertz CT molecular complexity index is 854. The fourth-order valence-electron chi connectivity index (χ4n) is 3.23. The number of carbonyl (C=O) groups is 2. The smallest absolute Gasteiger partial charge is 0.416 e. The number of rotatable bonds is 5. The average molecular weight is 395 g/mol. The van der Waals surface area contributed by atoms with Crippen molar-refractivity contribution in [2.45, 2.75) is 24.2 Å². The number of aliphatic hydroxyl groups is 1. The minimum Gasteiger partial charge on any atom is -0.480 e. The maximum Gasteiger partial charge on any atom is 0.416 e. The summed E-state index contributed by atoms with van der Waals surface area (Å²) < 4.78 is 42.7. The van der Waals surface area contributed by atoms with E-state index in [1.54, 1.807) is 5.32 Å². The van der Waals surface area contributed by atoms with Gasteiger partial charge in [0.2, 0.25) is 0 Å². The summed E-state index contributed by atoms with van der Waals surface area (Å²) in [7, 11) is 0. The van der Waals surface area contributed by atoms with Crippen molar-refractivity contribution in [3.8, 4) is 11.1 Å². The second-order valence-corrected chi connectivity index (χ2v) is 6.27. The van der Waals surface area contributed by atoms with Gasteiger partial charge in [-0.25, -0.2) is 9.59 Å². The number of halogens is 3. The number of carboxylic acid groups (broad SMARTS) is 1. The predicted molar refractivity (Wildman–Crippen MR) is 91.7 cm³/mol. The lowest BCUT2D eigenvalue weighted by atomic mass is 9.98. The molecule has 6 nitrogen and oxygen atoms in total. The lowest BCUT2D eigenvalue weighted by Crippen LogP contribution is -2.54. The lowest BCUT2D eigenvalue weighted by Gasteiger charge is -2.22. The van der Waals surface area contributed by atoms with Crippen molar-refractivity contribution in [3.63, 3.8) is 0 Å². The van der Waals surface area contributed by atoms with Crippen LogP contribution in [0.2, 0.25) is 0 Å². The third kappa shape index (κ3) is 3.79. The number of nitrogens with one attached hydrogen (secondary N) is 1. The van der Waals surface area contributed by atoms with Gasteiger partial charge in [0.25, 0.3) is 0 Å². The summed E-state index contributed by atoms with van der Waals surface area (Å²) in [6, 6.07) is 12.3. The number of aliphatic carboxylic acids is 1. The van der Waals surface area contributed by atoms with Crippen LogP contribution in [0, 0.1) is 0 Å². The summed E-state index contributed by atoms with van der Waals surface area (Å²) in [5.41, 5.74) is 3.70. The van der Waals surface area contributed by atoms with Gasteiger partial charge in [-0.2, -0.15) is 13.2 Å². The number of benzene rings is 2. The second kappa shape index (κ2) is 7.51. The number of carbonyl (C=O) groups excluding carboxylic acids is 1. The van der Waals surface area contributed by atoms with Crippen LogP contribution in [0.25, 0.3) is 11.1 Å².